The van der Waals surface area contributed by atoms with E-state index in [0.29, 0.717) is 24.6 Å². The number of nitrogens with zero attached hydrogens (tertiary/aromatic N) is 2. The third kappa shape index (κ3) is 3.76. The fourth-order valence-electron chi connectivity index (χ4n) is 3.11. The Labute approximate surface area is 140 Å². The average molecular weight is 340 g/mol. The topological polar surface area (TPSA) is 49.9 Å². The van der Waals surface area contributed by atoms with Crippen LogP contribution in [0.1, 0.15) is 22.3 Å². The van der Waals surface area contributed by atoms with Crippen molar-refractivity contribution < 1.29 is 13.2 Å². The zero-order valence-electron chi connectivity index (χ0n) is 14.8. The number of hydrogen-bond donors (Lipinski definition) is 0. The van der Waals surface area contributed by atoms with Gasteiger partial charge < -0.3 is 4.74 Å². The van der Waals surface area contributed by atoms with Gasteiger partial charge in [-0.25, -0.2) is 8.42 Å². The molecule has 0 radical (unpaired) electrons. The first-order chi connectivity index (χ1) is 10.8. The first-order valence-electron chi connectivity index (χ1n) is 8.08. The van der Waals surface area contributed by atoms with Gasteiger partial charge in [-0.1, -0.05) is 6.07 Å². The minimum atomic E-state index is -3.44. The van der Waals surface area contributed by atoms with Gasteiger partial charge in [-0.05, 0) is 49.9 Å². The van der Waals surface area contributed by atoms with Crippen molar-refractivity contribution in [1.29, 1.82) is 0 Å². The van der Waals surface area contributed by atoms with E-state index in [0.717, 1.165) is 41.9 Å². The van der Waals surface area contributed by atoms with E-state index in [-0.39, 0.29) is 0 Å². The van der Waals surface area contributed by atoms with E-state index in [1.54, 1.807) is 11.4 Å². The first kappa shape index (κ1) is 18.4. The fourth-order valence-corrected chi connectivity index (χ4v) is 5.11. The molecule has 0 saturated carbocycles. The van der Waals surface area contributed by atoms with Crippen molar-refractivity contribution in [2.75, 3.05) is 46.4 Å². The molecule has 6 heteroatoms. The molecule has 130 valence electrons. The standard InChI is InChI=1S/C17H28N2O3S/c1-13-12-14(2)16(4)17(15(13)3)23(20,21)19-8-6-18(7-9-19)10-11-22-5/h12H,6-11H2,1-5H3. The molecule has 0 N–H and O–H groups in total. The van der Waals surface area contributed by atoms with E-state index in [1.807, 2.05) is 27.7 Å². The molecule has 1 aliphatic rings. The SMILES string of the molecule is COCCN1CCN(S(=O)(=O)c2c(C)c(C)cc(C)c2C)CC1. The van der Waals surface area contributed by atoms with Crippen LogP contribution in [0, 0.1) is 27.7 Å². The summed E-state index contributed by atoms with van der Waals surface area (Å²) < 4.78 is 33.0. The molecule has 1 fully saturated rings. The summed E-state index contributed by atoms with van der Waals surface area (Å²) in [6.45, 7) is 11.9. The van der Waals surface area contributed by atoms with Gasteiger partial charge >= 0.3 is 0 Å². The summed E-state index contributed by atoms with van der Waals surface area (Å²) in [6, 6.07) is 2.06. The summed E-state index contributed by atoms with van der Waals surface area (Å²) in [5.74, 6) is 0. The Balaban J connectivity index is 2.24. The van der Waals surface area contributed by atoms with Gasteiger partial charge in [0.1, 0.15) is 0 Å². The lowest BCUT2D eigenvalue weighted by atomic mass is 10.0. The minimum Gasteiger partial charge on any atom is -0.383 e. The molecule has 0 aromatic heterocycles. The van der Waals surface area contributed by atoms with Crippen LogP contribution in [0.25, 0.3) is 0 Å². The molecule has 1 aliphatic heterocycles. The Morgan fingerprint density at radius 2 is 1.52 bits per heavy atom. The largest absolute Gasteiger partial charge is 0.383 e. The van der Waals surface area contributed by atoms with E-state index in [9.17, 15) is 8.42 Å². The second-order valence-corrected chi connectivity index (χ2v) is 8.20. The quantitative estimate of drug-likeness (QED) is 0.821. The molecule has 1 heterocycles. The van der Waals surface area contributed by atoms with Crippen molar-refractivity contribution in [3.05, 3.63) is 28.3 Å². The molecule has 23 heavy (non-hydrogen) atoms. The van der Waals surface area contributed by atoms with Crippen molar-refractivity contribution in [1.82, 2.24) is 9.21 Å². The molecule has 2 rings (SSSR count). The van der Waals surface area contributed by atoms with Crippen LogP contribution >= 0.6 is 0 Å². The molecule has 0 unspecified atom stereocenters. The molecular formula is C17H28N2O3S. The van der Waals surface area contributed by atoms with Crippen molar-refractivity contribution in [3.63, 3.8) is 0 Å². The Kier molecular flexibility index (Phi) is 5.84. The second kappa shape index (κ2) is 7.30. The van der Waals surface area contributed by atoms with Gasteiger partial charge in [0.25, 0.3) is 0 Å². The van der Waals surface area contributed by atoms with Crippen LogP contribution in [-0.2, 0) is 14.8 Å². The summed E-state index contributed by atoms with van der Waals surface area (Å²) in [7, 11) is -1.75. The molecule has 1 aromatic rings. The number of sulfonamides is 1. The number of benzene rings is 1. The third-order valence-corrected chi connectivity index (χ3v) is 7.01. The minimum absolute atomic E-state index is 0.500. The lowest BCUT2D eigenvalue weighted by molar-refractivity contribution is 0.123. The van der Waals surface area contributed by atoms with Gasteiger partial charge in [0.15, 0.2) is 0 Å². The Hall–Kier alpha value is -0.950. The van der Waals surface area contributed by atoms with Gasteiger partial charge in [-0.15, -0.1) is 0 Å². The van der Waals surface area contributed by atoms with Crippen molar-refractivity contribution >= 4 is 10.0 Å². The lowest BCUT2D eigenvalue weighted by Gasteiger charge is -2.34. The fraction of sp³-hybridized carbons (Fsp3) is 0.647. The van der Waals surface area contributed by atoms with E-state index >= 15 is 0 Å². The van der Waals surface area contributed by atoms with Gasteiger partial charge in [-0.3, -0.25) is 4.90 Å². The molecule has 0 aliphatic carbocycles. The number of piperazine rings is 1. The molecule has 0 atom stereocenters. The molecular weight excluding hydrogens is 312 g/mol. The Morgan fingerprint density at radius 3 is 2.00 bits per heavy atom. The average Bonchev–Trinajstić information content (AvgIpc) is 2.51. The van der Waals surface area contributed by atoms with Gasteiger partial charge in [0.2, 0.25) is 10.0 Å². The third-order valence-electron chi connectivity index (χ3n) is 4.84. The molecule has 0 amide bonds. The van der Waals surface area contributed by atoms with Crippen LogP contribution < -0.4 is 0 Å². The van der Waals surface area contributed by atoms with Crippen LogP contribution in [0.5, 0.6) is 0 Å². The number of methoxy groups -OCH3 is 1. The maximum Gasteiger partial charge on any atom is 0.243 e. The molecule has 1 saturated heterocycles. The smallest absolute Gasteiger partial charge is 0.243 e. The van der Waals surface area contributed by atoms with E-state index < -0.39 is 10.0 Å². The highest BCUT2D eigenvalue weighted by atomic mass is 32.2. The normalized spacial score (nSPS) is 17.6. The van der Waals surface area contributed by atoms with Gasteiger partial charge in [-0.2, -0.15) is 4.31 Å². The van der Waals surface area contributed by atoms with Gasteiger partial charge in [0.05, 0.1) is 11.5 Å². The summed E-state index contributed by atoms with van der Waals surface area (Å²) >= 11 is 0. The number of ether oxygens (including phenoxy) is 1. The predicted molar refractivity (Wildman–Crippen MR) is 92.5 cm³/mol. The molecule has 0 spiro atoms. The second-order valence-electron chi connectivity index (χ2n) is 6.33. The number of aryl methyl sites for hydroxylation is 2. The van der Waals surface area contributed by atoms with Crippen LogP contribution in [0.15, 0.2) is 11.0 Å². The predicted octanol–water partition coefficient (Wildman–Crippen LogP) is 1.87. The molecule has 1 aromatic carbocycles. The highest BCUT2D eigenvalue weighted by Crippen LogP contribution is 2.29. The highest BCUT2D eigenvalue weighted by molar-refractivity contribution is 7.89. The van der Waals surface area contributed by atoms with Crippen molar-refractivity contribution in [3.8, 4) is 0 Å². The van der Waals surface area contributed by atoms with Crippen LogP contribution in [0.2, 0.25) is 0 Å². The monoisotopic (exact) mass is 340 g/mol. The molecule has 5 nitrogen and oxygen atoms in total. The molecule has 0 bridgehead atoms. The maximum absolute atomic E-state index is 13.1. The van der Waals surface area contributed by atoms with Crippen LogP contribution in [0.4, 0.5) is 0 Å². The van der Waals surface area contributed by atoms with E-state index in [4.69, 9.17) is 4.74 Å². The summed E-state index contributed by atoms with van der Waals surface area (Å²) in [5.41, 5.74) is 3.81. The van der Waals surface area contributed by atoms with E-state index in [2.05, 4.69) is 11.0 Å². The summed E-state index contributed by atoms with van der Waals surface area (Å²) in [5, 5.41) is 0. The zero-order valence-corrected chi connectivity index (χ0v) is 15.7. The van der Waals surface area contributed by atoms with Gasteiger partial charge in [0, 0.05) is 39.8 Å². The Morgan fingerprint density at radius 1 is 1.00 bits per heavy atom. The van der Waals surface area contributed by atoms with E-state index in [1.165, 1.54) is 0 Å². The van der Waals surface area contributed by atoms with Crippen LogP contribution in [-0.4, -0.2) is 64.1 Å². The summed E-state index contributed by atoms with van der Waals surface area (Å²) in [4.78, 5) is 2.75. The lowest BCUT2D eigenvalue weighted by Crippen LogP contribution is -2.49. The van der Waals surface area contributed by atoms with Crippen molar-refractivity contribution in [2.24, 2.45) is 0 Å². The first-order valence-corrected chi connectivity index (χ1v) is 9.52. The summed E-state index contributed by atoms with van der Waals surface area (Å²) in [6.07, 6.45) is 0. The number of hydrogen-bond acceptors (Lipinski definition) is 4. The Bertz CT molecular complexity index is 637. The number of rotatable bonds is 5. The zero-order chi connectivity index (χ0) is 17.2. The highest BCUT2D eigenvalue weighted by Gasteiger charge is 2.31. The maximum atomic E-state index is 13.1. The van der Waals surface area contributed by atoms with Crippen LogP contribution in [0.3, 0.4) is 0 Å². The van der Waals surface area contributed by atoms with Crippen molar-refractivity contribution in [2.45, 2.75) is 32.6 Å².